The molecule has 1 amide bonds. The number of carboxylic acid groups (broad SMARTS) is 1. The molecule has 0 spiro atoms. The van der Waals surface area contributed by atoms with Crippen LogP contribution in [0.25, 0.3) is 0 Å². The molecule has 0 bridgehead atoms. The van der Waals surface area contributed by atoms with E-state index < -0.39 is 5.97 Å². The summed E-state index contributed by atoms with van der Waals surface area (Å²) in [5.41, 5.74) is 0.923. The topological polar surface area (TPSA) is 70.8 Å². The molecular formula is C17H17NO4. The van der Waals surface area contributed by atoms with E-state index in [0.29, 0.717) is 6.54 Å². The van der Waals surface area contributed by atoms with Crippen molar-refractivity contribution in [2.24, 2.45) is 5.92 Å². The normalized spacial score (nSPS) is 19.6. The van der Waals surface area contributed by atoms with Crippen LogP contribution in [0.3, 0.4) is 0 Å². The molecule has 1 aromatic heterocycles. The van der Waals surface area contributed by atoms with Gasteiger partial charge in [0.25, 0.3) is 0 Å². The van der Waals surface area contributed by atoms with Gasteiger partial charge in [0, 0.05) is 18.4 Å². The van der Waals surface area contributed by atoms with Crippen LogP contribution >= 0.6 is 0 Å². The lowest BCUT2D eigenvalue weighted by Gasteiger charge is -2.21. The number of aliphatic carboxylic acids is 1. The lowest BCUT2D eigenvalue weighted by atomic mass is 10.2. The van der Waals surface area contributed by atoms with E-state index in [1.54, 1.807) is 12.3 Å². The third-order valence-electron chi connectivity index (χ3n) is 3.87. The van der Waals surface area contributed by atoms with Gasteiger partial charge in [-0.2, -0.15) is 0 Å². The highest BCUT2D eigenvalue weighted by molar-refractivity contribution is 5.86. The second-order valence-corrected chi connectivity index (χ2v) is 5.54. The fraction of sp³-hybridized carbons (Fsp3) is 0.294. The van der Waals surface area contributed by atoms with Crippen LogP contribution in [-0.2, 0) is 16.1 Å². The molecule has 2 atom stereocenters. The summed E-state index contributed by atoms with van der Waals surface area (Å²) in [6.07, 6.45) is 2.31. The predicted octanol–water partition coefficient (Wildman–Crippen LogP) is 2.50. The first kappa shape index (κ1) is 14.4. The Morgan fingerprint density at radius 2 is 1.95 bits per heavy atom. The molecule has 0 unspecified atom stereocenters. The van der Waals surface area contributed by atoms with E-state index >= 15 is 0 Å². The molecular weight excluding hydrogens is 282 g/mol. The highest BCUT2D eigenvalue weighted by Gasteiger charge is 2.47. The third-order valence-corrected chi connectivity index (χ3v) is 3.87. The van der Waals surface area contributed by atoms with Crippen LogP contribution in [0.5, 0.6) is 0 Å². The smallest absolute Gasteiger partial charge is 0.323 e. The van der Waals surface area contributed by atoms with Crippen LogP contribution in [0, 0.1) is 5.92 Å². The quantitative estimate of drug-likeness (QED) is 0.889. The molecule has 1 heterocycles. The fourth-order valence-corrected chi connectivity index (χ4v) is 2.70. The number of carboxylic acids is 1. The van der Waals surface area contributed by atoms with Crippen molar-refractivity contribution in [1.82, 2.24) is 4.90 Å². The molecule has 22 heavy (non-hydrogen) atoms. The van der Waals surface area contributed by atoms with Crippen molar-refractivity contribution in [2.75, 3.05) is 6.54 Å². The summed E-state index contributed by atoms with van der Waals surface area (Å²) < 4.78 is 5.33. The highest BCUT2D eigenvalue weighted by Crippen LogP contribution is 2.48. The van der Waals surface area contributed by atoms with Gasteiger partial charge < -0.3 is 14.4 Å². The lowest BCUT2D eigenvalue weighted by Crippen LogP contribution is -2.36. The van der Waals surface area contributed by atoms with Gasteiger partial charge in [0.1, 0.15) is 12.3 Å². The molecule has 1 saturated carbocycles. The average Bonchev–Trinajstić information content (AvgIpc) is 3.11. The molecule has 1 aliphatic carbocycles. The van der Waals surface area contributed by atoms with Crippen molar-refractivity contribution in [1.29, 1.82) is 0 Å². The zero-order valence-electron chi connectivity index (χ0n) is 12.0. The molecule has 1 aromatic carbocycles. The number of carbonyl (C=O) groups excluding carboxylic acids is 1. The summed E-state index contributed by atoms with van der Waals surface area (Å²) in [5.74, 6) is -0.413. The van der Waals surface area contributed by atoms with E-state index in [1.165, 1.54) is 4.90 Å². The fourth-order valence-electron chi connectivity index (χ4n) is 2.70. The van der Waals surface area contributed by atoms with Crippen molar-refractivity contribution in [3.05, 3.63) is 60.1 Å². The molecule has 5 heteroatoms. The summed E-state index contributed by atoms with van der Waals surface area (Å²) in [6.45, 7) is 0.0302. The Labute approximate surface area is 128 Å². The van der Waals surface area contributed by atoms with Gasteiger partial charge >= 0.3 is 5.97 Å². The Bertz CT molecular complexity index is 651. The standard InChI is InChI=1S/C17H17NO4/c19-16(20)11-18(10-12-5-2-1-3-6-12)17(21)14-9-13(14)15-7-4-8-22-15/h1-8,13-14H,9-11H2,(H,19,20)/t13-,14+/m1/s1. The van der Waals surface area contributed by atoms with E-state index in [9.17, 15) is 9.59 Å². The summed E-state index contributed by atoms with van der Waals surface area (Å²) in [5, 5.41) is 9.05. The van der Waals surface area contributed by atoms with Crippen molar-refractivity contribution in [3.63, 3.8) is 0 Å². The second-order valence-electron chi connectivity index (χ2n) is 5.54. The van der Waals surface area contributed by atoms with Crippen molar-refractivity contribution in [2.45, 2.75) is 18.9 Å². The Kier molecular flexibility index (Phi) is 3.96. The summed E-state index contributed by atoms with van der Waals surface area (Å²) in [6, 6.07) is 13.1. The summed E-state index contributed by atoms with van der Waals surface area (Å²) in [7, 11) is 0. The van der Waals surface area contributed by atoms with Gasteiger partial charge in [-0.05, 0) is 24.1 Å². The first-order valence-electron chi connectivity index (χ1n) is 7.23. The van der Waals surface area contributed by atoms with Gasteiger partial charge in [0.05, 0.1) is 6.26 Å². The average molecular weight is 299 g/mol. The summed E-state index contributed by atoms with van der Waals surface area (Å²) in [4.78, 5) is 25.0. The van der Waals surface area contributed by atoms with E-state index in [2.05, 4.69) is 0 Å². The Balaban J connectivity index is 1.69. The van der Waals surface area contributed by atoms with Gasteiger partial charge in [-0.1, -0.05) is 30.3 Å². The van der Waals surface area contributed by atoms with Crippen LogP contribution in [0.1, 0.15) is 23.7 Å². The first-order chi connectivity index (χ1) is 10.6. The Hall–Kier alpha value is -2.56. The van der Waals surface area contributed by atoms with Gasteiger partial charge in [-0.25, -0.2) is 0 Å². The lowest BCUT2D eigenvalue weighted by molar-refractivity contribution is -0.145. The predicted molar refractivity (Wildman–Crippen MR) is 79.1 cm³/mol. The first-order valence-corrected chi connectivity index (χ1v) is 7.23. The van der Waals surface area contributed by atoms with Crippen LogP contribution in [-0.4, -0.2) is 28.4 Å². The highest BCUT2D eigenvalue weighted by atomic mass is 16.4. The van der Waals surface area contributed by atoms with Crippen LogP contribution in [0.2, 0.25) is 0 Å². The van der Waals surface area contributed by atoms with Crippen molar-refractivity contribution >= 4 is 11.9 Å². The minimum absolute atomic E-state index is 0.0783. The Morgan fingerprint density at radius 1 is 1.18 bits per heavy atom. The largest absolute Gasteiger partial charge is 0.480 e. The van der Waals surface area contributed by atoms with Gasteiger partial charge in [0.15, 0.2) is 0 Å². The molecule has 1 aliphatic rings. The van der Waals surface area contributed by atoms with Crippen LogP contribution in [0.4, 0.5) is 0 Å². The molecule has 1 N–H and O–H groups in total. The number of amides is 1. The van der Waals surface area contributed by atoms with Gasteiger partial charge in [0.2, 0.25) is 5.91 Å². The van der Waals surface area contributed by atoms with Gasteiger partial charge in [-0.3, -0.25) is 9.59 Å². The Morgan fingerprint density at radius 3 is 2.59 bits per heavy atom. The molecule has 1 fully saturated rings. The SMILES string of the molecule is O=C(O)CN(Cc1ccccc1)C(=O)[C@H]1C[C@H]1c1ccco1. The number of nitrogens with zero attached hydrogens (tertiary/aromatic N) is 1. The zero-order valence-corrected chi connectivity index (χ0v) is 12.0. The maximum atomic E-state index is 12.6. The maximum absolute atomic E-state index is 12.6. The van der Waals surface area contributed by atoms with E-state index in [0.717, 1.165) is 17.7 Å². The molecule has 0 radical (unpaired) electrons. The van der Waals surface area contributed by atoms with Crippen LogP contribution < -0.4 is 0 Å². The number of furan rings is 1. The van der Waals surface area contributed by atoms with Gasteiger partial charge in [-0.15, -0.1) is 0 Å². The van der Waals surface area contributed by atoms with E-state index in [4.69, 9.17) is 9.52 Å². The minimum atomic E-state index is -1.00. The molecule has 5 nitrogen and oxygen atoms in total. The monoisotopic (exact) mass is 299 g/mol. The molecule has 114 valence electrons. The number of rotatable bonds is 6. The molecule has 0 saturated heterocycles. The van der Waals surface area contributed by atoms with E-state index in [1.807, 2.05) is 36.4 Å². The number of carbonyl (C=O) groups is 2. The second kappa shape index (κ2) is 6.05. The molecule has 2 aromatic rings. The number of benzene rings is 1. The van der Waals surface area contributed by atoms with Crippen molar-refractivity contribution in [3.8, 4) is 0 Å². The number of hydrogen-bond donors (Lipinski definition) is 1. The van der Waals surface area contributed by atoms with E-state index in [-0.39, 0.29) is 24.3 Å². The minimum Gasteiger partial charge on any atom is -0.480 e. The third kappa shape index (κ3) is 3.19. The maximum Gasteiger partial charge on any atom is 0.323 e. The molecule has 0 aliphatic heterocycles. The van der Waals surface area contributed by atoms with Crippen LogP contribution in [0.15, 0.2) is 53.1 Å². The number of hydrogen-bond acceptors (Lipinski definition) is 3. The zero-order chi connectivity index (χ0) is 15.5. The molecule has 3 rings (SSSR count). The van der Waals surface area contributed by atoms with Crippen molar-refractivity contribution < 1.29 is 19.1 Å². The summed E-state index contributed by atoms with van der Waals surface area (Å²) >= 11 is 0.